The molecule has 1 aliphatic heterocycles. The molecule has 1 fully saturated rings. The van der Waals surface area contributed by atoms with E-state index in [-0.39, 0.29) is 18.4 Å². The molecule has 1 amide bonds. The van der Waals surface area contributed by atoms with Gasteiger partial charge in [-0.15, -0.1) is 11.8 Å². The van der Waals surface area contributed by atoms with Crippen LogP contribution >= 0.6 is 11.8 Å². The average molecular weight is 293 g/mol. The van der Waals surface area contributed by atoms with Crippen molar-refractivity contribution in [1.29, 1.82) is 0 Å². The zero-order valence-electron chi connectivity index (χ0n) is 12.3. The Bertz CT molecular complexity index is 476. The third-order valence-electron chi connectivity index (χ3n) is 3.82. The quantitative estimate of drug-likeness (QED) is 0.868. The summed E-state index contributed by atoms with van der Waals surface area (Å²) in [5.74, 6) is 0.940. The van der Waals surface area contributed by atoms with Crippen molar-refractivity contribution in [3.63, 3.8) is 0 Å². The fraction of sp³-hybridized carbons (Fsp3) is 0.562. The number of thioether (sulfide) groups is 1. The Balaban J connectivity index is 1.90. The van der Waals surface area contributed by atoms with Gasteiger partial charge >= 0.3 is 0 Å². The average Bonchev–Trinajstić information content (AvgIpc) is 2.48. The Morgan fingerprint density at radius 2 is 2.25 bits per heavy atom. The standard InChI is InChI=1S/C16H23NO2S/c1-12-5-6-13(2)15(8-12)20-11-16(19)17-7-3-4-14(9-17)10-18/h5-6,8,14,18H,3-4,7,9-11H2,1-2H3. The van der Waals surface area contributed by atoms with Crippen LogP contribution in [0.15, 0.2) is 23.1 Å². The molecule has 0 radical (unpaired) electrons. The fourth-order valence-electron chi connectivity index (χ4n) is 2.53. The van der Waals surface area contributed by atoms with Gasteiger partial charge in [-0.2, -0.15) is 0 Å². The predicted molar refractivity (Wildman–Crippen MR) is 83.0 cm³/mol. The molecular formula is C16H23NO2S. The number of benzene rings is 1. The van der Waals surface area contributed by atoms with E-state index in [9.17, 15) is 9.90 Å². The van der Waals surface area contributed by atoms with Crippen LogP contribution in [0.5, 0.6) is 0 Å². The largest absolute Gasteiger partial charge is 0.396 e. The Hall–Kier alpha value is -1.00. The number of hydrogen-bond acceptors (Lipinski definition) is 3. The molecule has 1 unspecified atom stereocenters. The molecule has 1 aromatic carbocycles. The molecule has 4 heteroatoms. The van der Waals surface area contributed by atoms with Crippen LogP contribution in [0.1, 0.15) is 24.0 Å². The van der Waals surface area contributed by atoms with Gasteiger partial charge in [0.25, 0.3) is 0 Å². The first-order chi connectivity index (χ1) is 9.60. The fourth-order valence-corrected chi connectivity index (χ4v) is 3.56. The van der Waals surface area contributed by atoms with Crippen molar-refractivity contribution in [3.05, 3.63) is 29.3 Å². The molecule has 0 aromatic heterocycles. The van der Waals surface area contributed by atoms with Gasteiger partial charge in [0.2, 0.25) is 5.91 Å². The number of carbonyl (C=O) groups excluding carboxylic acids is 1. The number of rotatable bonds is 4. The first kappa shape index (κ1) is 15.4. The highest BCUT2D eigenvalue weighted by molar-refractivity contribution is 8.00. The maximum atomic E-state index is 12.3. The smallest absolute Gasteiger partial charge is 0.232 e. The number of aliphatic hydroxyl groups excluding tert-OH is 1. The monoisotopic (exact) mass is 293 g/mol. The lowest BCUT2D eigenvalue weighted by atomic mass is 9.99. The van der Waals surface area contributed by atoms with Crippen LogP contribution in [0.4, 0.5) is 0 Å². The van der Waals surface area contributed by atoms with Gasteiger partial charge in [-0.1, -0.05) is 17.7 Å². The molecule has 1 N–H and O–H groups in total. The van der Waals surface area contributed by atoms with Crippen molar-refractivity contribution in [2.24, 2.45) is 5.92 Å². The van der Waals surface area contributed by atoms with Crippen LogP contribution in [0.3, 0.4) is 0 Å². The topological polar surface area (TPSA) is 40.5 Å². The molecule has 110 valence electrons. The molecule has 0 spiro atoms. The van der Waals surface area contributed by atoms with E-state index >= 15 is 0 Å². The normalized spacial score (nSPS) is 19.1. The first-order valence-electron chi connectivity index (χ1n) is 7.19. The first-order valence-corrected chi connectivity index (χ1v) is 8.17. The maximum Gasteiger partial charge on any atom is 0.232 e. The summed E-state index contributed by atoms with van der Waals surface area (Å²) in [6, 6.07) is 6.34. The second kappa shape index (κ2) is 7.14. The summed E-state index contributed by atoms with van der Waals surface area (Å²) < 4.78 is 0. The van der Waals surface area contributed by atoms with Gasteiger partial charge in [0.15, 0.2) is 0 Å². The number of aliphatic hydroxyl groups is 1. The van der Waals surface area contributed by atoms with Crippen molar-refractivity contribution >= 4 is 17.7 Å². The number of likely N-dealkylation sites (tertiary alicyclic amines) is 1. The molecule has 0 bridgehead atoms. The highest BCUT2D eigenvalue weighted by Gasteiger charge is 2.23. The van der Waals surface area contributed by atoms with Gasteiger partial charge in [-0.25, -0.2) is 0 Å². The van der Waals surface area contributed by atoms with E-state index in [1.165, 1.54) is 16.0 Å². The van der Waals surface area contributed by atoms with Gasteiger partial charge in [0, 0.05) is 24.6 Å². The van der Waals surface area contributed by atoms with E-state index in [1.54, 1.807) is 11.8 Å². The van der Waals surface area contributed by atoms with E-state index in [1.807, 2.05) is 4.90 Å². The molecule has 1 aliphatic rings. The molecule has 20 heavy (non-hydrogen) atoms. The zero-order valence-corrected chi connectivity index (χ0v) is 13.1. The molecular weight excluding hydrogens is 270 g/mol. The van der Waals surface area contributed by atoms with E-state index in [0.29, 0.717) is 12.3 Å². The van der Waals surface area contributed by atoms with E-state index in [0.717, 1.165) is 19.4 Å². The van der Waals surface area contributed by atoms with Crippen LogP contribution < -0.4 is 0 Å². The molecule has 1 saturated heterocycles. The van der Waals surface area contributed by atoms with Gasteiger partial charge in [-0.3, -0.25) is 4.79 Å². The number of amides is 1. The summed E-state index contributed by atoms with van der Waals surface area (Å²) in [5.41, 5.74) is 2.45. The lowest BCUT2D eigenvalue weighted by Crippen LogP contribution is -2.41. The summed E-state index contributed by atoms with van der Waals surface area (Å²) in [5, 5.41) is 9.22. The number of piperidine rings is 1. The molecule has 1 aromatic rings. The third kappa shape index (κ3) is 4.00. The van der Waals surface area contributed by atoms with E-state index in [2.05, 4.69) is 32.0 Å². The van der Waals surface area contributed by atoms with Crippen LogP contribution in [0.25, 0.3) is 0 Å². The van der Waals surface area contributed by atoms with Crippen LogP contribution in [0.2, 0.25) is 0 Å². The van der Waals surface area contributed by atoms with Crippen molar-refractivity contribution in [2.45, 2.75) is 31.6 Å². The number of hydrogen-bond donors (Lipinski definition) is 1. The second-order valence-electron chi connectivity index (χ2n) is 5.59. The van der Waals surface area contributed by atoms with Crippen molar-refractivity contribution < 1.29 is 9.90 Å². The summed E-state index contributed by atoms with van der Waals surface area (Å²) in [7, 11) is 0. The SMILES string of the molecule is Cc1ccc(C)c(SCC(=O)N2CCCC(CO)C2)c1. The second-order valence-corrected chi connectivity index (χ2v) is 6.61. The third-order valence-corrected chi connectivity index (χ3v) is 4.97. The summed E-state index contributed by atoms with van der Waals surface area (Å²) in [6.45, 7) is 5.88. The minimum absolute atomic E-state index is 0.188. The van der Waals surface area contributed by atoms with Crippen molar-refractivity contribution in [2.75, 3.05) is 25.4 Å². The molecule has 1 atom stereocenters. The van der Waals surface area contributed by atoms with Crippen LogP contribution in [0, 0.1) is 19.8 Å². The summed E-state index contributed by atoms with van der Waals surface area (Å²) >= 11 is 1.62. The van der Waals surface area contributed by atoms with Crippen LogP contribution in [-0.4, -0.2) is 41.4 Å². The molecule has 0 saturated carbocycles. The Labute approximate surface area is 125 Å². The maximum absolute atomic E-state index is 12.3. The number of carbonyl (C=O) groups is 1. The summed E-state index contributed by atoms with van der Waals surface area (Å²) in [4.78, 5) is 15.3. The number of aryl methyl sites for hydroxylation is 2. The Kier molecular flexibility index (Phi) is 5.49. The van der Waals surface area contributed by atoms with E-state index < -0.39 is 0 Å². The van der Waals surface area contributed by atoms with Gasteiger partial charge < -0.3 is 10.0 Å². The number of nitrogens with zero attached hydrogens (tertiary/aromatic N) is 1. The predicted octanol–water partition coefficient (Wildman–Crippen LogP) is 2.63. The minimum Gasteiger partial charge on any atom is -0.396 e. The highest BCUT2D eigenvalue weighted by atomic mass is 32.2. The highest BCUT2D eigenvalue weighted by Crippen LogP contribution is 2.24. The molecule has 3 nitrogen and oxygen atoms in total. The lowest BCUT2D eigenvalue weighted by molar-refractivity contribution is -0.130. The van der Waals surface area contributed by atoms with Crippen molar-refractivity contribution in [1.82, 2.24) is 4.90 Å². The Morgan fingerprint density at radius 1 is 1.45 bits per heavy atom. The van der Waals surface area contributed by atoms with Crippen molar-refractivity contribution in [3.8, 4) is 0 Å². The van der Waals surface area contributed by atoms with Crippen LogP contribution in [-0.2, 0) is 4.79 Å². The molecule has 0 aliphatic carbocycles. The zero-order chi connectivity index (χ0) is 14.5. The Morgan fingerprint density at radius 3 is 3.00 bits per heavy atom. The molecule has 1 heterocycles. The molecule has 2 rings (SSSR count). The van der Waals surface area contributed by atoms with Gasteiger partial charge in [0.05, 0.1) is 5.75 Å². The summed E-state index contributed by atoms with van der Waals surface area (Å²) in [6.07, 6.45) is 2.04. The van der Waals surface area contributed by atoms with Gasteiger partial charge in [-0.05, 0) is 44.2 Å². The van der Waals surface area contributed by atoms with Gasteiger partial charge in [0.1, 0.15) is 0 Å². The van der Waals surface area contributed by atoms with E-state index in [4.69, 9.17) is 0 Å². The minimum atomic E-state index is 0.188. The lowest BCUT2D eigenvalue weighted by Gasteiger charge is -2.31.